The number of ether oxygens (including phenoxy) is 1. The van der Waals surface area contributed by atoms with Crippen molar-refractivity contribution < 1.29 is 19.1 Å². The van der Waals surface area contributed by atoms with Crippen molar-refractivity contribution in [3.63, 3.8) is 0 Å². The molecule has 0 heterocycles. The van der Waals surface area contributed by atoms with Gasteiger partial charge in [-0.15, -0.1) is 0 Å². The van der Waals surface area contributed by atoms with Crippen LogP contribution in [-0.4, -0.2) is 30.4 Å². The maximum absolute atomic E-state index is 11.8. The zero-order chi connectivity index (χ0) is 16.9. The van der Waals surface area contributed by atoms with Crippen LogP contribution >= 0.6 is 11.6 Å². The Bertz CT molecular complexity index is 665. The lowest BCUT2D eigenvalue weighted by molar-refractivity contribution is -0.150. The predicted octanol–water partition coefficient (Wildman–Crippen LogP) is 1.22. The zero-order valence-corrected chi connectivity index (χ0v) is 12.9. The second kappa shape index (κ2) is 6.91. The first-order valence-corrected chi connectivity index (χ1v) is 6.50. The van der Waals surface area contributed by atoms with E-state index in [0.717, 1.165) is 0 Å². The molecule has 0 saturated heterocycles. The van der Waals surface area contributed by atoms with Crippen LogP contribution in [0, 0.1) is 11.3 Å². The van der Waals surface area contributed by atoms with E-state index >= 15 is 0 Å². The van der Waals surface area contributed by atoms with E-state index in [4.69, 9.17) is 16.9 Å². The van der Waals surface area contributed by atoms with Crippen molar-refractivity contribution in [1.82, 2.24) is 5.32 Å². The SMILES string of the molecule is COC(=O)C(C)(C)NC(=O)C(=O)Nc1ccc(C#N)c(Cl)c1. The van der Waals surface area contributed by atoms with E-state index in [1.54, 1.807) is 0 Å². The van der Waals surface area contributed by atoms with Crippen molar-refractivity contribution in [1.29, 1.82) is 5.26 Å². The Hall–Kier alpha value is -2.59. The van der Waals surface area contributed by atoms with Crippen molar-refractivity contribution in [2.75, 3.05) is 12.4 Å². The highest BCUT2D eigenvalue weighted by Gasteiger charge is 2.32. The minimum Gasteiger partial charge on any atom is -0.467 e. The predicted molar refractivity (Wildman–Crippen MR) is 79.0 cm³/mol. The van der Waals surface area contributed by atoms with Gasteiger partial charge in [-0.2, -0.15) is 5.26 Å². The van der Waals surface area contributed by atoms with E-state index in [2.05, 4.69) is 15.4 Å². The fraction of sp³-hybridized carbons (Fsp3) is 0.286. The summed E-state index contributed by atoms with van der Waals surface area (Å²) in [5.41, 5.74) is -0.846. The number of halogens is 1. The lowest BCUT2D eigenvalue weighted by Crippen LogP contribution is -2.53. The van der Waals surface area contributed by atoms with Crippen LogP contribution < -0.4 is 10.6 Å². The minimum absolute atomic E-state index is 0.149. The van der Waals surface area contributed by atoms with Crippen LogP contribution in [0.3, 0.4) is 0 Å². The second-order valence-electron chi connectivity index (χ2n) is 4.83. The Kier molecular flexibility index (Phi) is 5.49. The summed E-state index contributed by atoms with van der Waals surface area (Å²) in [4.78, 5) is 35.0. The lowest BCUT2D eigenvalue weighted by Gasteiger charge is -2.22. The molecule has 0 radical (unpaired) electrons. The molecule has 1 aromatic rings. The molecule has 0 aliphatic heterocycles. The number of nitriles is 1. The molecule has 7 nitrogen and oxygen atoms in total. The van der Waals surface area contributed by atoms with E-state index in [0.29, 0.717) is 0 Å². The molecule has 0 spiro atoms. The maximum atomic E-state index is 11.8. The highest BCUT2D eigenvalue weighted by molar-refractivity contribution is 6.40. The Morgan fingerprint density at radius 2 is 1.91 bits per heavy atom. The average Bonchev–Trinajstić information content (AvgIpc) is 2.45. The molecule has 0 aliphatic rings. The summed E-state index contributed by atoms with van der Waals surface area (Å²) in [6, 6.07) is 6.06. The van der Waals surface area contributed by atoms with Crippen LogP contribution in [0.4, 0.5) is 5.69 Å². The van der Waals surface area contributed by atoms with E-state index in [1.165, 1.54) is 39.2 Å². The number of benzene rings is 1. The number of rotatable bonds is 3. The smallest absolute Gasteiger partial charge is 0.330 e. The quantitative estimate of drug-likeness (QED) is 0.642. The van der Waals surface area contributed by atoms with E-state index in [1.807, 2.05) is 6.07 Å². The summed E-state index contributed by atoms with van der Waals surface area (Å²) >= 11 is 5.82. The number of methoxy groups -OCH3 is 1. The number of esters is 1. The third kappa shape index (κ3) is 4.20. The fourth-order valence-electron chi connectivity index (χ4n) is 1.52. The summed E-state index contributed by atoms with van der Waals surface area (Å²) in [5.74, 6) is -2.66. The summed E-state index contributed by atoms with van der Waals surface area (Å²) in [5, 5.41) is 13.5. The zero-order valence-electron chi connectivity index (χ0n) is 12.2. The van der Waals surface area contributed by atoms with Crippen molar-refractivity contribution in [2.45, 2.75) is 19.4 Å². The van der Waals surface area contributed by atoms with Gasteiger partial charge < -0.3 is 15.4 Å². The fourth-order valence-corrected chi connectivity index (χ4v) is 1.74. The van der Waals surface area contributed by atoms with Gasteiger partial charge in [-0.3, -0.25) is 9.59 Å². The Labute approximate surface area is 132 Å². The summed E-state index contributed by atoms with van der Waals surface area (Å²) in [6.45, 7) is 2.81. The number of carbonyl (C=O) groups excluding carboxylic acids is 3. The van der Waals surface area contributed by atoms with Crippen LogP contribution in [0.2, 0.25) is 5.02 Å². The first-order valence-electron chi connectivity index (χ1n) is 6.13. The van der Waals surface area contributed by atoms with Crippen molar-refractivity contribution >= 4 is 35.1 Å². The first kappa shape index (κ1) is 17.5. The van der Waals surface area contributed by atoms with Gasteiger partial charge >= 0.3 is 17.8 Å². The molecular formula is C14H14ClN3O4. The number of hydrogen-bond acceptors (Lipinski definition) is 5. The molecule has 0 bridgehead atoms. The third-order valence-electron chi connectivity index (χ3n) is 2.68. The largest absolute Gasteiger partial charge is 0.467 e. The van der Waals surface area contributed by atoms with Crippen LogP contribution in [-0.2, 0) is 19.1 Å². The molecule has 2 amide bonds. The Balaban J connectivity index is 2.77. The van der Waals surface area contributed by atoms with Crippen LogP contribution in [0.25, 0.3) is 0 Å². The minimum atomic E-state index is -1.34. The standard InChI is InChI=1S/C14H14ClN3O4/c1-14(2,13(21)22-3)18-12(20)11(19)17-9-5-4-8(7-16)10(15)6-9/h4-6H,1-3H3,(H,17,19)(H,18,20). The van der Waals surface area contributed by atoms with Gasteiger partial charge in [0.1, 0.15) is 11.6 Å². The van der Waals surface area contributed by atoms with Crippen LogP contribution in [0.5, 0.6) is 0 Å². The molecule has 0 aromatic heterocycles. The highest BCUT2D eigenvalue weighted by Crippen LogP contribution is 2.20. The molecule has 0 saturated carbocycles. The van der Waals surface area contributed by atoms with Gasteiger partial charge in [0, 0.05) is 5.69 Å². The van der Waals surface area contributed by atoms with Crippen molar-refractivity contribution in [3.05, 3.63) is 28.8 Å². The number of nitrogens with zero attached hydrogens (tertiary/aromatic N) is 1. The number of carbonyl (C=O) groups is 3. The number of anilines is 1. The van der Waals surface area contributed by atoms with Gasteiger partial charge in [0.15, 0.2) is 0 Å². The lowest BCUT2D eigenvalue weighted by atomic mass is 10.1. The molecule has 0 aliphatic carbocycles. The Morgan fingerprint density at radius 3 is 2.41 bits per heavy atom. The summed E-state index contributed by atoms with van der Waals surface area (Å²) in [6.07, 6.45) is 0. The van der Waals surface area contributed by atoms with E-state index in [-0.39, 0.29) is 16.3 Å². The average molecular weight is 324 g/mol. The third-order valence-corrected chi connectivity index (χ3v) is 2.99. The molecule has 8 heteroatoms. The molecule has 1 rings (SSSR count). The molecular weight excluding hydrogens is 310 g/mol. The highest BCUT2D eigenvalue weighted by atomic mass is 35.5. The van der Waals surface area contributed by atoms with Gasteiger partial charge in [-0.25, -0.2) is 4.79 Å². The van der Waals surface area contributed by atoms with Crippen molar-refractivity contribution in [3.8, 4) is 6.07 Å². The molecule has 0 fully saturated rings. The van der Waals surface area contributed by atoms with Gasteiger partial charge in [-0.1, -0.05) is 11.6 Å². The summed E-state index contributed by atoms with van der Waals surface area (Å²) < 4.78 is 4.52. The number of amides is 2. The normalized spacial score (nSPS) is 10.3. The van der Waals surface area contributed by atoms with Crippen LogP contribution in [0.1, 0.15) is 19.4 Å². The molecule has 2 N–H and O–H groups in total. The van der Waals surface area contributed by atoms with Crippen molar-refractivity contribution in [2.24, 2.45) is 0 Å². The van der Waals surface area contributed by atoms with Gasteiger partial charge in [0.2, 0.25) is 0 Å². The van der Waals surface area contributed by atoms with E-state index < -0.39 is 23.3 Å². The maximum Gasteiger partial charge on any atom is 0.330 e. The molecule has 22 heavy (non-hydrogen) atoms. The summed E-state index contributed by atoms with van der Waals surface area (Å²) in [7, 11) is 1.18. The molecule has 1 aromatic carbocycles. The number of hydrogen-bond donors (Lipinski definition) is 2. The first-order chi connectivity index (χ1) is 10.2. The molecule has 0 atom stereocenters. The number of nitrogens with one attached hydrogen (secondary N) is 2. The van der Waals surface area contributed by atoms with Gasteiger partial charge in [0.05, 0.1) is 17.7 Å². The van der Waals surface area contributed by atoms with Gasteiger partial charge in [-0.05, 0) is 32.0 Å². The van der Waals surface area contributed by atoms with Gasteiger partial charge in [0.25, 0.3) is 0 Å². The Morgan fingerprint density at radius 1 is 1.27 bits per heavy atom. The van der Waals surface area contributed by atoms with E-state index in [9.17, 15) is 14.4 Å². The monoisotopic (exact) mass is 323 g/mol. The topological polar surface area (TPSA) is 108 Å². The molecule has 116 valence electrons. The van der Waals surface area contributed by atoms with Crippen LogP contribution in [0.15, 0.2) is 18.2 Å². The molecule has 0 unspecified atom stereocenters. The second-order valence-corrected chi connectivity index (χ2v) is 5.24.